The van der Waals surface area contributed by atoms with Gasteiger partial charge in [0.15, 0.2) is 23.1 Å². The molecule has 8 rings (SSSR count). The first-order chi connectivity index (χ1) is 20.5. The number of rotatable bonds is 5. The van der Waals surface area contributed by atoms with Gasteiger partial charge < -0.3 is 9.64 Å². The smallest absolute Gasteiger partial charge is 0.278 e. The van der Waals surface area contributed by atoms with Gasteiger partial charge in [0.1, 0.15) is 18.8 Å². The molecule has 1 aliphatic heterocycles. The van der Waals surface area contributed by atoms with Crippen LogP contribution in [0.25, 0.3) is 6.08 Å². The molecule has 6 nitrogen and oxygen atoms in total. The summed E-state index contributed by atoms with van der Waals surface area (Å²) in [4.78, 5) is 29.3. The van der Waals surface area contributed by atoms with Crippen molar-refractivity contribution in [1.82, 2.24) is 9.58 Å². The number of carbonyl (C=O) groups excluding carboxylic acids is 1. The molecule has 1 saturated carbocycles. The summed E-state index contributed by atoms with van der Waals surface area (Å²) in [6, 6.07) is 21.7. The molecule has 0 saturated heterocycles. The third-order valence-corrected chi connectivity index (χ3v) is 9.27. The van der Waals surface area contributed by atoms with Crippen molar-refractivity contribution in [3.63, 3.8) is 0 Å². The molecule has 0 radical (unpaired) electrons. The Morgan fingerprint density at radius 3 is 2.48 bits per heavy atom. The molecule has 210 valence electrons. The summed E-state index contributed by atoms with van der Waals surface area (Å²) in [5.41, 5.74) is 3.36. The Morgan fingerprint density at radius 1 is 0.905 bits per heavy atom. The van der Waals surface area contributed by atoms with Crippen LogP contribution >= 0.6 is 0 Å². The van der Waals surface area contributed by atoms with E-state index in [1.165, 1.54) is 12.1 Å². The standard InChI is InChI=1S/C34H27F2N3O3/c35-28-14-13-27-25(30(28)36)18-23-17-22-9-4-5-12-26(22)34(23,27)39-20-37(24-10-6-11-24)33(41)31-32(29(40)15-16-38(31)39)42-19-21-7-2-1-3-8-21/h1-5,7-9,12-17,24H,6,10-11,18-20H2. The molecule has 4 aromatic rings. The number of halogens is 2. The average molecular weight is 564 g/mol. The number of carbonyl (C=O) groups is 1. The van der Waals surface area contributed by atoms with E-state index in [-0.39, 0.29) is 48.5 Å². The van der Waals surface area contributed by atoms with Gasteiger partial charge in [-0.1, -0.05) is 66.7 Å². The second-order valence-corrected chi connectivity index (χ2v) is 11.4. The van der Waals surface area contributed by atoms with E-state index >= 15 is 4.39 Å². The van der Waals surface area contributed by atoms with Crippen molar-refractivity contribution in [3.05, 3.63) is 140 Å². The molecule has 0 spiro atoms. The predicted molar refractivity (Wildman–Crippen MR) is 154 cm³/mol. The van der Waals surface area contributed by atoms with E-state index in [2.05, 4.69) is 0 Å². The zero-order valence-electron chi connectivity index (χ0n) is 22.7. The zero-order valence-corrected chi connectivity index (χ0v) is 22.7. The van der Waals surface area contributed by atoms with Crippen molar-refractivity contribution in [2.75, 3.05) is 11.7 Å². The zero-order chi connectivity index (χ0) is 28.6. The van der Waals surface area contributed by atoms with Crippen molar-refractivity contribution in [3.8, 4) is 5.75 Å². The van der Waals surface area contributed by atoms with Crippen LogP contribution in [0.5, 0.6) is 5.75 Å². The molecule has 8 heteroatoms. The summed E-state index contributed by atoms with van der Waals surface area (Å²) in [5, 5.41) is 2.04. The molecule has 3 aliphatic carbocycles. The Hall–Kier alpha value is -4.72. The van der Waals surface area contributed by atoms with Crippen LogP contribution in [-0.4, -0.2) is 28.2 Å². The van der Waals surface area contributed by atoms with Gasteiger partial charge >= 0.3 is 0 Å². The third-order valence-electron chi connectivity index (χ3n) is 9.27. The molecule has 0 N–H and O–H groups in total. The molecular weight excluding hydrogens is 536 g/mol. The van der Waals surface area contributed by atoms with Gasteiger partial charge in [-0.15, -0.1) is 0 Å². The maximum Gasteiger partial charge on any atom is 0.278 e. The van der Waals surface area contributed by atoms with Gasteiger partial charge in [-0.05, 0) is 53.2 Å². The lowest BCUT2D eigenvalue weighted by Gasteiger charge is -2.52. The van der Waals surface area contributed by atoms with Gasteiger partial charge in [-0.2, -0.15) is 0 Å². The number of hydrogen-bond acceptors (Lipinski definition) is 4. The highest BCUT2D eigenvalue weighted by molar-refractivity contribution is 5.97. The molecule has 2 heterocycles. The number of aromatic nitrogens is 1. The van der Waals surface area contributed by atoms with Gasteiger partial charge in [0.05, 0.1) is 0 Å². The highest BCUT2D eigenvalue weighted by Gasteiger charge is 2.56. The van der Waals surface area contributed by atoms with Gasteiger partial charge in [0, 0.05) is 30.3 Å². The second kappa shape index (κ2) is 9.14. The van der Waals surface area contributed by atoms with Gasteiger partial charge in [0.25, 0.3) is 5.91 Å². The summed E-state index contributed by atoms with van der Waals surface area (Å²) in [7, 11) is 0. The summed E-state index contributed by atoms with van der Waals surface area (Å²) >= 11 is 0. The van der Waals surface area contributed by atoms with Crippen molar-refractivity contribution < 1.29 is 18.3 Å². The van der Waals surface area contributed by atoms with Crippen LogP contribution in [0, 0.1) is 11.6 Å². The van der Waals surface area contributed by atoms with Crippen LogP contribution in [0.4, 0.5) is 8.78 Å². The lowest BCUT2D eigenvalue weighted by molar-refractivity contribution is 0.0461. The Labute approximate surface area is 241 Å². The minimum atomic E-state index is -1.01. The fourth-order valence-corrected chi connectivity index (χ4v) is 7.09. The summed E-state index contributed by atoms with van der Waals surface area (Å²) < 4.78 is 37.8. The number of nitrogens with zero attached hydrogens (tertiary/aromatic N) is 3. The molecule has 1 unspecified atom stereocenters. The van der Waals surface area contributed by atoms with Gasteiger partial charge in [-0.3, -0.25) is 19.3 Å². The SMILES string of the molecule is O=C1c2c(OCc3ccccc3)c(=O)ccn2N(C23C(=Cc4ccccc42)Cc2c3ccc(F)c2F)CN1C1CCC1. The fraction of sp³-hybridized carbons (Fsp3) is 0.235. The largest absolute Gasteiger partial charge is 0.482 e. The van der Waals surface area contributed by atoms with E-state index in [1.54, 1.807) is 16.9 Å². The van der Waals surface area contributed by atoms with E-state index < -0.39 is 17.2 Å². The summed E-state index contributed by atoms with van der Waals surface area (Å²) in [5.74, 6) is -2.02. The molecule has 3 aromatic carbocycles. The fourth-order valence-electron chi connectivity index (χ4n) is 7.09. The van der Waals surface area contributed by atoms with Crippen molar-refractivity contribution in [2.45, 2.75) is 43.9 Å². The van der Waals surface area contributed by atoms with Gasteiger partial charge in [0.2, 0.25) is 5.43 Å². The number of fused-ring (bicyclic) bond motifs is 6. The number of hydrogen-bond donors (Lipinski definition) is 0. The number of pyridine rings is 1. The van der Waals surface area contributed by atoms with E-state index in [9.17, 15) is 14.0 Å². The first-order valence-corrected chi connectivity index (χ1v) is 14.3. The van der Waals surface area contributed by atoms with Crippen LogP contribution in [0.3, 0.4) is 0 Å². The van der Waals surface area contributed by atoms with Crippen LogP contribution in [0.1, 0.15) is 57.6 Å². The number of ether oxygens (including phenoxy) is 1. The molecule has 1 aromatic heterocycles. The monoisotopic (exact) mass is 563 g/mol. The van der Waals surface area contributed by atoms with E-state index in [1.807, 2.05) is 70.6 Å². The first-order valence-electron chi connectivity index (χ1n) is 14.3. The lowest BCUT2D eigenvalue weighted by Crippen LogP contribution is -2.64. The van der Waals surface area contributed by atoms with Crippen molar-refractivity contribution in [1.29, 1.82) is 0 Å². The highest BCUT2D eigenvalue weighted by atomic mass is 19.2. The Kier molecular flexibility index (Phi) is 5.45. The lowest BCUT2D eigenvalue weighted by atomic mass is 9.82. The Bertz CT molecular complexity index is 1860. The minimum Gasteiger partial charge on any atom is -0.482 e. The van der Waals surface area contributed by atoms with Gasteiger partial charge in [-0.25, -0.2) is 8.78 Å². The predicted octanol–water partition coefficient (Wildman–Crippen LogP) is 5.51. The molecule has 1 amide bonds. The van der Waals surface area contributed by atoms with E-state index in [0.29, 0.717) is 11.1 Å². The molecule has 42 heavy (non-hydrogen) atoms. The molecule has 1 fully saturated rings. The number of benzene rings is 3. The average Bonchev–Trinajstić information content (AvgIpc) is 3.47. The normalized spacial score (nSPS) is 20.4. The van der Waals surface area contributed by atoms with E-state index in [4.69, 9.17) is 4.74 Å². The second-order valence-electron chi connectivity index (χ2n) is 11.4. The van der Waals surface area contributed by atoms with Crippen LogP contribution in [0.15, 0.2) is 89.4 Å². The summed E-state index contributed by atoms with van der Waals surface area (Å²) in [6.45, 7) is 0.331. The molecule has 4 aliphatic rings. The van der Waals surface area contributed by atoms with Crippen LogP contribution < -0.4 is 15.2 Å². The maximum absolute atomic E-state index is 15.4. The van der Waals surface area contributed by atoms with Crippen molar-refractivity contribution >= 4 is 12.0 Å². The maximum atomic E-state index is 15.4. The quantitative estimate of drug-likeness (QED) is 0.322. The summed E-state index contributed by atoms with van der Waals surface area (Å²) in [6.07, 6.45) is 6.62. The third kappa shape index (κ3) is 3.35. The Balaban J connectivity index is 1.37. The minimum absolute atomic E-state index is 0.0114. The Morgan fingerprint density at radius 2 is 1.69 bits per heavy atom. The van der Waals surface area contributed by atoms with Crippen LogP contribution in [0.2, 0.25) is 0 Å². The van der Waals surface area contributed by atoms with E-state index in [0.717, 1.165) is 41.5 Å². The van der Waals surface area contributed by atoms with Crippen molar-refractivity contribution in [2.24, 2.45) is 0 Å². The molecular formula is C34H27F2N3O3. The highest BCUT2D eigenvalue weighted by Crippen LogP contribution is 2.56. The topological polar surface area (TPSA) is 54.8 Å². The first kappa shape index (κ1) is 25.0. The molecule has 0 bridgehead atoms. The molecule has 1 atom stereocenters. The number of amides is 1. The van der Waals surface area contributed by atoms with Crippen LogP contribution in [-0.2, 0) is 18.6 Å².